The fraction of sp³-hybridized carbons (Fsp3) is 0.318. The summed E-state index contributed by atoms with van der Waals surface area (Å²) in [5, 5.41) is 0.520. The Kier molecular flexibility index (Phi) is 8.20. The SMILES string of the molecule is CCOC(=O)C(C(=O)OCC)[C@@H](CC(=O)c1ccc(Cl)cc1)c1ccccc1. The highest BCUT2D eigenvalue weighted by Crippen LogP contribution is 2.32. The van der Waals surface area contributed by atoms with Gasteiger partial charge in [0.05, 0.1) is 13.2 Å². The molecule has 0 bridgehead atoms. The van der Waals surface area contributed by atoms with Gasteiger partial charge in [-0.1, -0.05) is 41.9 Å². The molecule has 0 aliphatic heterocycles. The summed E-state index contributed by atoms with van der Waals surface area (Å²) in [7, 11) is 0. The van der Waals surface area contributed by atoms with Crippen LogP contribution in [0.4, 0.5) is 0 Å². The summed E-state index contributed by atoms with van der Waals surface area (Å²) >= 11 is 5.89. The summed E-state index contributed by atoms with van der Waals surface area (Å²) in [6, 6.07) is 15.5. The molecule has 0 heterocycles. The van der Waals surface area contributed by atoms with Gasteiger partial charge in [0.25, 0.3) is 0 Å². The second-order valence-electron chi connectivity index (χ2n) is 6.13. The van der Waals surface area contributed by atoms with E-state index >= 15 is 0 Å². The van der Waals surface area contributed by atoms with Crippen LogP contribution in [0.25, 0.3) is 0 Å². The van der Waals surface area contributed by atoms with Crippen LogP contribution in [-0.4, -0.2) is 30.9 Å². The van der Waals surface area contributed by atoms with Crippen molar-refractivity contribution >= 4 is 29.3 Å². The molecule has 148 valence electrons. The summed E-state index contributed by atoms with van der Waals surface area (Å²) < 4.78 is 10.2. The number of ether oxygens (including phenoxy) is 2. The molecule has 0 unspecified atom stereocenters. The Morgan fingerprint density at radius 2 is 1.39 bits per heavy atom. The molecule has 0 amide bonds. The molecule has 0 radical (unpaired) electrons. The molecule has 0 aromatic heterocycles. The monoisotopic (exact) mass is 402 g/mol. The summed E-state index contributed by atoms with van der Waals surface area (Å²) in [6.07, 6.45) is -0.0477. The van der Waals surface area contributed by atoms with E-state index in [9.17, 15) is 14.4 Å². The zero-order valence-corrected chi connectivity index (χ0v) is 16.6. The van der Waals surface area contributed by atoms with Crippen LogP contribution < -0.4 is 0 Å². The smallest absolute Gasteiger partial charge is 0.320 e. The number of halogens is 1. The van der Waals surface area contributed by atoms with Crippen LogP contribution in [0.1, 0.15) is 42.1 Å². The van der Waals surface area contributed by atoms with Gasteiger partial charge in [0.15, 0.2) is 11.7 Å². The minimum atomic E-state index is -1.22. The van der Waals surface area contributed by atoms with Crippen molar-refractivity contribution in [2.75, 3.05) is 13.2 Å². The van der Waals surface area contributed by atoms with Gasteiger partial charge in [0.1, 0.15) is 0 Å². The highest BCUT2D eigenvalue weighted by atomic mass is 35.5. The maximum atomic E-state index is 12.9. The van der Waals surface area contributed by atoms with E-state index in [1.165, 1.54) is 0 Å². The summed E-state index contributed by atoms with van der Waals surface area (Å²) in [5.41, 5.74) is 1.15. The minimum absolute atomic E-state index is 0.0477. The number of esters is 2. The van der Waals surface area contributed by atoms with E-state index in [0.29, 0.717) is 16.1 Å². The summed E-state index contributed by atoms with van der Waals surface area (Å²) in [5.74, 6) is -3.53. The van der Waals surface area contributed by atoms with Crippen molar-refractivity contribution in [3.05, 3.63) is 70.7 Å². The number of hydrogen-bond donors (Lipinski definition) is 0. The molecule has 0 fully saturated rings. The third kappa shape index (κ3) is 5.67. The lowest BCUT2D eigenvalue weighted by molar-refractivity contribution is -0.162. The lowest BCUT2D eigenvalue weighted by Crippen LogP contribution is -2.34. The highest BCUT2D eigenvalue weighted by molar-refractivity contribution is 6.30. The Hall–Kier alpha value is -2.66. The molecule has 0 saturated heterocycles. The molecule has 0 aliphatic rings. The predicted molar refractivity (Wildman–Crippen MR) is 106 cm³/mol. The Bertz CT molecular complexity index is 783. The number of rotatable bonds is 9. The molecule has 2 aromatic carbocycles. The van der Waals surface area contributed by atoms with Crippen molar-refractivity contribution in [1.29, 1.82) is 0 Å². The fourth-order valence-electron chi connectivity index (χ4n) is 2.97. The van der Waals surface area contributed by atoms with E-state index in [2.05, 4.69) is 0 Å². The van der Waals surface area contributed by atoms with Crippen LogP contribution >= 0.6 is 11.6 Å². The van der Waals surface area contributed by atoms with Gasteiger partial charge in [-0.15, -0.1) is 0 Å². The van der Waals surface area contributed by atoms with Crippen LogP contribution in [0.3, 0.4) is 0 Å². The average Bonchev–Trinajstić information content (AvgIpc) is 2.69. The van der Waals surface area contributed by atoms with E-state index < -0.39 is 23.8 Å². The third-order valence-corrected chi connectivity index (χ3v) is 4.53. The maximum absolute atomic E-state index is 12.9. The molecule has 2 aromatic rings. The lowest BCUT2D eigenvalue weighted by Gasteiger charge is -2.24. The van der Waals surface area contributed by atoms with Crippen molar-refractivity contribution < 1.29 is 23.9 Å². The van der Waals surface area contributed by atoms with Crippen LogP contribution in [0.5, 0.6) is 0 Å². The van der Waals surface area contributed by atoms with Gasteiger partial charge >= 0.3 is 11.9 Å². The summed E-state index contributed by atoms with van der Waals surface area (Å²) in [4.78, 5) is 38.0. The third-order valence-electron chi connectivity index (χ3n) is 4.28. The van der Waals surface area contributed by atoms with Gasteiger partial charge in [-0.3, -0.25) is 14.4 Å². The number of carbonyl (C=O) groups excluding carboxylic acids is 3. The zero-order valence-electron chi connectivity index (χ0n) is 15.9. The maximum Gasteiger partial charge on any atom is 0.320 e. The molecule has 1 atom stereocenters. The molecule has 6 heteroatoms. The molecular formula is C22H23ClO5. The van der Waals surface area contributed by atoms with E-state index in [4.69, 9.17) is 21.1 Å². The van der Waals surface area contributed by atoms with E-state index in [0.717, 1.165) is 0 Å². The van der Waals surface area contributed by atoms with Gasteiger partial charge in [-0.25, -0.2) is 0 Å². The molecule has 0 saturated carbocycles. The van der Waals surface area contributed by atoms with Crippen LogP contribution in [0.15, 0.2) is 54.6 Å². The van der Waals surface area contributed by atoms with Crippen LogP contribution in [0, 0.1) is 5.92 Å². The first-order chi connectivity index (χ1) is 13.5. The quantitative estimate of drug-likeness (QED) is 0.352. The fourth-order valence-corrected chi connectivity index (χ4v) is 3.10. The molecule has 0 spiro atoms. The van der Waals surface area contributed by atoms with Gasteiger partial charge in [-0.2, -0.15) is 0 Å². The Morgan fingerprint density at radius 1 is 0.857 bits per heavy atom. The first-order valence-corrected chi connectivity index (χ1v) is 9.52. The number of Topliss-reactive ketones (excluding diaryl/α,β-unsaturated/α-hetero) is 1. The predicted octanol–water partition coefficient (Wildman–Crippen LogP) is 4.44. The molecule has 0 aliphatic carbocycles. The minimum Gasteiger partial charge on any atom is -0.465 e. The largest absolute Gasteiger partial charge is 0.465 e. The van der Waals surface area contributed by atoms with Gasteiger partial charge in [0.2, 0.25) is 0 Å². The Morgan fingerprint density at radius 3 is 1.89 bits per heavy atom. The first kappa shape index (κ1) is 21.6. The van der Waals surface area contributed by atoms with Crippen LogP contribution in [0.2, 0.25) is 5.02 Å². The first-order valence-electron chi connectivity index (χ1n) is 9.14. The topological polar surface area (TPSA) is 69.7 Å². The number of carbonyl (C=O) groups is 3. The van der Waals surface area contributed by atoms with E-state index in [1.54, 1.807) is 62.4 Å². The Balaban J connectivity index is 2.41. The Labute approximate surface area is 169 Å². The van der Waals surface area contributed by atoms with E-state index in [-0.39, 0.29) is 25.4 Å². The normalized spacial score (nSPS) is 11.7. The zero-order chi connectivity index (χ0) is 20.5. The van der Waals surface area contributed by atoms with Gasteiger partial charge in [-0.05, 0) is 43.7 Å². The molecule has 2 rings (SSSR count). The molecule has 0 N–H and O–H groups in total. The standard InChI is InChI=1S/C22H23ClO5/c1-3-27-21(25)20(22(26)28-4-2)18(15-8-6-5-7-9-15)14-19(24)16-10-12-17(23)13-11-16/h5-13,18,20H,3-4,14H2,1-2H3/t18-/m0/s1. The van der Waals surface area contributed by atoms with Gasteiger partial charge in [0, 0.05) is 22.9 Å². The second kappa shape index (κ2) is 10.6. The van der Waals surface area contributed by atoms with Crippen molar-refractivity contribution in [3.8, 4) is 0 Å². The van der Waals surface area contributed by atoms with Crippen molar-refractivity contribution in [2.45, 2.75) is 26.2 Å². The number of ketones is 1. The number of benzene rings is 2. The van der Waals surface area contributed by atoms with Crippen LogP contribution in [-0.2, 0) is 19.1 Å². The van der Waals surface area contributed by atoms with Gasteiger partial charge < -0.3 is 9.47 Å². The second-order valence-corrected chi connectivity index (χ2v) is 6.57. The molecule has 5 nitrogen and oxygen atoms in total. The number of hydrogen-bond acceptors (Lipinski definition) is 5. The van der Waals surface area contributed by atoms with Crippen molar-refractivity contribution in [2.24, 2.45) is 5.92 Å². The summed E-state index contributed by atoms with van der Waals surface area (Å²) in [6.45, 7) is 3.58. The molecule has 28 heavy (non-hydrogen) atoms. The van der Waals surface area contributed by atoms with Crippen molar-refractivity contribution in [1.82, 2.24) is 0 Å². The average molecular weight is 403 g/mol. The molecular weight excluding hydrogens is 380 g/mol. The van der Waals surface area contributed by atoms with E-state index in [1.807, 2.05) is 6.07 Å². The highest BCUT2D eigenvalue weighted by Gasteiger charge is 2.39. The van der Waals surface area contributed by atoms with Crippen molar-refractivity contribution in [3.63, 3.8) is 0 Å². The lowest BCUT2D eigenvalue weighted by atomic mass is 9.81.